The van der Waals surface area contributed by atoms with Gasteiger partial charge in [-0.3, -0.25) is 4.79 Å². The Labute approximate surface area is 75.5 Å². The van der Waals surface area contributed by atoms with Crippen molar-refractivity contribution in [1.82, 2.24) is 9.97 Å². The van der Waals surface area contributed by atoms with E-state index in [9.17, 15) is 4.79 Å². The molecule has 0 aromatic carbocycles. The van der Waals surface area contributed by atoms with Crippen LogP contribution in [0.25, 0.3) is 12.2 Å². The summed E-state index contributed by atoms with van der Waals surface area (Å²) in [7, 11) is 0. The second-order valence-electron chi connectivity index (χ2n) is 2.34. The molecule has 0 aliphatic carbocycles. The second kappa shape index (κ2) is 4.21. The van der Waals surface area contributed by atoms with Crippen molar-refractivity contribution in [3.05, 3.63) is 52.6 Å². The number of hydrogen-bond acceptors (Lipinski definition) is 2. The third kappa shape index (κ3) is 2.02. The van der Waals surface area contributed by atoms with E-state index in [-0.39, 0.29) is 5.56 Å². The van der Waals surface area contributed by atoms with Crippen LogP contribution in [-0.2, 0) is 0 Å². The molecule has 0 bridgehead atoms. The summed E-state index contributed by atoms with van der Waals surface area (Å²) in [5.41, 5.74) is -0.178. The average molecular weight is 174 g/mol. The third-order valence-electron chi connectivity index (χ3n) is 1.48. The Bertz CT molecular complexity index is 482. The van der Waals surface area contributed by atoms with Crippen LogP contribution in [0.3, 0.4) is 0 Å². The van der Waals surface area contributed by atoms with Gasteiger partial charge in [0.25, 0.3) is 5.56 Å². The van der Waals surface area contributed by atoms with Gasteiger partial charge in [0.1, 0.15) is 0 Å². The van der Waals surface area contributed by atoms with Gasteiger partial charge < -0.3 is 4.98 Å². The molecule has 0 saturated carbocycles. The SMILES string of the molecule is C=C/C=c1/nc[nH]c(=O)/c1=C/C=C. The van der Waals surface area contributed by atoms with Crippen LogP contribution >= 0.6 is 0 Å². The predicted molar refractivity (Wildman–Crippen MR) is 53.4 cm³/mol. The Kier molecular flexibility index (Phi) is 2.97. The summed E-state index contributed by atoms with van der Waals surface area (Å²) in [4.78, 5) is 17.7. The maximum absolute atomic E-state index is 11.3. The molecular formula is C10H10N2O. The number of hydrogen-bond donors (Lipinski definition) is 1. The Hall–Kier alpha value is -1.90. The Morgan fingerprint density at radius 3 is 2.62 bits per heavy atom. The molecule has 3 heteroatoms. The molecule has 66 valence electrons. The fourth-order valence-electron chi connectivity index (χ4n) is 0.947. The van der Waals surface area contributed by atoms with Gasteiger partial charge in [-0.15, -0.1) is 0 Å². The minimum Gasteiger partial charge on any atom is -0.313 e. The maximum atomic E-state index is 11.3. The molecule has 13 heavy (non-hydrogen) atoms. The highest BCUT2D eigenvalue weighted by atomic mass is 16.1. The summed E-state index contributed by atoms with van der Waals surface area (Å²) in [6.07, 6.45) is 7.78. The van der Waals surface area contributed by atoms with Gasteiger partial charge in [-0.2, -0.15) is 0 Å². The maximum Gasteiger partial charge on any atom is 0.258 e. The molecule has 1 rings (SSSR count). The first-order valence-corrected chi connectivity index (χ1v) is 3.79. The van der Waals surface area contributed by atoms with Crippen molar-refractivity contribution in [3.8, 4) is 0 Å². The summed E-state index contributed by atoms with van der Waals surface area (Å²) in [5, 5.41) is 1.09. The highest BCUT2D eigenvalue weighted by Gasteiger charge is 1.88. The van der Waals surface area contributed by atoms with E-state index in [4.69, 9.17) is 0 Å². The number of H-pyrrole nitrogens is 1. The van der Waals surface area contributed by atoms with Crippen molar-refractivity contribution < 1.29 is 0 Å². The first-order valence-electron chi connectivity index (χ1n) is 3.79. The van der Waals surface area contributed by atoms with Gasteiger partial charge in [-0.1, -0.05) is 25.3 Å². The van der Waals surface area contributed by atoms with Crippen molar-refractivity contribution in [1.29, 1.82) is 0 Å². The molecule has 0 atom stereocenters. The van der Waals surface area contributed by atoms with Crippen LogP contribution in [-0.4, -0.2) is 9.97 Å². The van der Waals surface area contributed by atoms with E-state index in [2.05, 4.69) is 23.1 Å². The first kappa shape index (κ1) is 9.19. The summed E-state index contributed by atoms with van der Waals surface area (Å²) in [6, 6.07) is 0. The molecule has 0 saturated heterocycles. The third-order valence-corrected chi connectivity index (χ3v) is 1.48. The largest absolute Gasteiger partial charge is 0.313 e. The Balaban J connectivity index is 3.73. The first-order chi connectivity index (χ1) is 6.29. The molecule has 1 N–H and O–H groups in total. The lowest BCUT2D eigenvalue weighted by Gasteiger charge is -1.86. The zero-order valence-corrected chi connectivity index (χ0v) is 7.16. The van der Waals surface area contributed by atoms with Crippen LogP contribution in [0.4, 0.5) is 0 Å². The van der Waals surface area contributed by atoms with E-state index in [0.29, 0.717) is 10.6 Å². The summed E-state index contributed by atoms with van der Waals surface area (Å²) in [6.45, 7) is 7.06. The number of rotatable bonds is 2. The monoisotopic (exact) mass is 174 g/mol. The number of aromatic amines is 1. The number of aromatic nitrogens is 2. The standard InChI is InChI=1S/C10H10N2O/c1-3-5-8-9(6-4-2)11-7-12-10(8)13/h3-7H,1-2H2,(H,11,12,13)/b8-5+,9-6+. The number of nitrogens with one attached hydrogen (secondary N) is 1. The number of allylic oxidation sites excluding steroid dienone is 2. The minimum atomic E-state index is -0.178. The van der Waals surface area contributed by atoms with Crippen molar-refractivity contribution in [2.45, 2.75) is 0 Å². The quantitative estimate of drug-likeness (QED) is 0.669. The highest BCUT2D eigenvalue weighted by Crippen LogP contribution is 1.63. The molecule has 3 nitrogen and oxygen atoms in total. The number of nitrogens with zero attached hydrogens (tertiary/aromatic N) is 1. The van der Waals surface area contributed by atoms with E-state index >= 15 is 0 Å². The lowest BCUT2D eigenvalue weighted by Crippen LogP contribution is -2.42. The fraction of sp³-hybridized carbons (Fsp3) is 0. The Morgan fingerprint density at radius 1 is 1.31 bits per heavy atom. The van der Waals surface area contributed by atoms with Gasteiger partial charge in [-0.05, 0) is 12.2 Å². The Morgan fingerprint density at radius 2 is 2.00 bits per heavy atom. The molecular weight excluding hydrogens is 164 g/mol. The van der Waals surface area contributed by atoms with Crippen molar-refractivity contribution in [2.24, 2.45) is 0 Å². The van der Waals surface area contributed by atoms with Crippen LogP contribution in [0, 0.1) is 0 Å². The minimum absolute atomic E-state index is 0.178. The molecule has 1 heterocycles. The smallest absolute Gasteiger partial charge is 0.258 e. The van der Waals surface area contributed by atoms with E-state index in [1.807, 2.05) is 0 Å². The lowest BCUT2D eigenvalue weighted by atomic mass is 10.3. The van der Waals surface area contributed by atoms with Crippen LogP contribution in [0.5, 0.6) is 0 Å². The summed E-state index contributed by atoms with van der Waals surface area (Å²) < 4.78 is 0. The van der Waals surface area contributed by atoms with E-state index in [1.165, 1.54) is 6.33 Å². The van der Waals surface area contributed by atoms with E-state index in [1.54, 1.807) is 24.3 Å². The zero-order chi connectivity index (χ0) is 9.68. The van der Waals surface area contributed by atoms with Crippen LogP contribution < -0.4 is 16.1 Å². The molecule has 0 spiro atoms. The topological polar surface area (TPSA) is 45.8 Å². The molecule has 0 amide bonds. The average Bonchev–Trinajstić information content (AvgIpc) is 2.11. The fourth-order valence-corrected chi connectivity index (χ4v) is 0.947. The van der Waals surface area contributed by atoms with Crippen LogP contribution in [0.1, 0.15) is 0 Å². The molecule has 0 aliphatic heterocycles. The van der Waals surface area contributed by atoms with E-state index in [0.717, 1.165) is 0 Å². The van der Waals surface area contributed by atoms with Gasteiger partial charge in [0, 0.05) is 0 Å². The van der Waals surface area contributed by atoms with Crippen molar-refractivity contribution in [2.75, 3.05) is 0 Å². The van der Waals surface area contributed by atoms with Gasteiger partial charge in [0.05, 0.1) is 16.9 Å². The second-order valence-corrected chi connectivity index (χ2v) is 2.34. The highest BCUT2D eigenvalue weighted by molar-refractivity contribution is 5.39. The molecule has 1 aromatic rings. The predicted octanol–water partition coefficient (Wildman–Crippen LogP) is -0.297. The van der Waals surface area contributed by atoms with Gasteiger partial charge in [0.2, 0.25) is 0 Å². The molecule has 0 unspecified atom stereocenters. The van der Waals surface area contributed by atoms with Gasteiger partial charge >= 0.3 is 0 Å². The van der Waals surface area contributed by atoms with Crippen LogP contribution in [0.15, 0.2) is 36.4 Å². The van der Waals surface area contributed by atoms with Crippen molar-refractivity contribution >= 4 is 12.2 Å². The van der Waals surface area contributed by atoms with Gasteiger partial charge in [0.15, 0.2) is 0 Å². The molecule has 1 aromatic heterocycles. The van der Waals surface area contributed by atoms with E-state index < -0.39 is 0 Å². The zero-order valence-electron chi connectivity index (χ0n) is 7.16. The van der Waals surface area contributed by atoms with Gasteiger partial charge in [-0.25, -0.2) is 4.98 Å². The van der Waals surface area contributed by atoms with Crippen LogP contribution in [0.2, 0.25) is 0 Å². The normalized spacial score (nSPS) is 12.9. The van der Waals surface area contributed by atoms with Crippen molar-refractivity contribution in [3.63, 3.8) is 0 Å². The molecule has 0 aliphatic rings. The lowest BCUT2D eigenvalue weighted by molar-refractivity contribution is 1.05. The molecule has 0 fully saturated rings. The summed E-state index contributed by atoms with van der Waals surface area (Å²) >= 11 is 0. The summed E-state index contributed by atoms with van der Waals surface area (Å²) in [5.74, 6) is 0. The molecule has 0 radical (unpaired) electrons.